The molecule has 130 valence electrons. The van der Waals surface area contributed by atoms with E-state index in [0.717, 1.165) is 16.3 Å². The number of rotatable bonds is 3. The number of carbonyl (C=O) groups is 1. The van der Waals surface area contributed by atoms with Crippen molar-refractivity contribution in [2.75, 3.05) is 24.7 Å². The number of hydrogen-bond acceptors (Lipinski definition) is 4. The van der Waals surface area contributed by atoms with E-state index in [9.17, 15) is 18.3 Å². The highest BCUT2D eigenvalue weighted by Gasteiger charge is 2.33. The molecule has 0 aliphatic carbocycles. The van der Waals surface area contributed by atoms with Gasteiger partial charge in [0.1, 0.15) is 0 Å². The van der Waals surface area contributed by atoms with E-state index in [0.29, 0.717) is 6.42 Å². The molecule has 0 aromatic heterocycles. The Morgan fingerprint density at radius 1 is 1.20 bits per heavy atom. The lowest BCUT2D eigenvalue weighted by Crippen LogP contribution is -2.42. The summed E-state index contributed by atoms with van der Waals surface area (Å²) in [5, 5.41) is 11.3. The fourth-order valence-corrected chi connectivity index (χ4v) is 4.77. The first-order valence-corrected chi connectivity index (χ1v) is 9.93. The Labute approximate surface area is 147 Å². The Bertz CT molecular complexity index is 956. The van der Waals surface area contributed by atoms with Gasteiger partial charge in [0.05, 0.1) is 18.1 Å². The Hall–Kier alpha value is -2.36. The van der Waals surface area contributed by atoms with Gasteiger partial charge in [-0.3, -0.25) is 4.79 Å². The van der Waals surface area contributed by atoms with Crippen molar-refractivity contribution < 1.29 is 18.3 Å². The minimum absolute atomic E-state index is 0.0591. The molecule has 1 saturated heterocycles. The molecule has 2 aromatic carbocycles. The van der Waals surface area contributed by atoms with Crippen molar-refractivity contribution >= 4 is 26.5 Å². The topological polar surface area (TPSA) is 74.7 Å². The van der Waals surface area contributed by atoms with Gasteiger partial charge in [-0.25, -0.2) is 8.42 Å². The molecule has 5 nitrogen and oxygen atoms in total. The van der Waals surface area contributed by atoms with Crippen LogP contribution in [0.4, 0.5) is 0 Å². The zero-order valence-electron chi connectivity index (χ0n) is 13.7. The minimum Gasteiger partial charge on any atom is -0.395 e. The normalized spacial score (nSPS) is 18.5. The van der Waals surface area contributed by atoms with E-state index >= 15 is 0 Å². The van der Waals surface area contributed by atoms with Gasteiger partial charge in [-0.05, 0) is 29.3 Å². The summed E-state index contributed by atoms with van der Waals surface area (Å²) >= 11 is 0. The Morgan fingerprint density at radius 2 is 1.96 bits per heavy atom. The molecule has 0 radical (unpaired) electrons. The highest BCUT2D eigenvalue weighted by atomic mass is 32.2. The number of aliphatic hydroxyl groups is 1. The van der Waals surface area contributed by atoms with E-state index in [2.05, 4.69) is 11.8 Å². The number of amides is 1. The smallest absolute Gasteiger partial charge is 0.299 e. The summed E-state index contributed by atoms with van der Waals surface area (Å²) in [5.74, 6) is 4.99. The summed E-state index contributed by atoms with van der Waals surface area (Å²) in [5.41, 5.74) is 0.718. The fraction of sp³-hybridized carbons (Fsp3) is 0.316. The van der Waals surface area contributed by atoms with Crippen LogP contribution in [0.15, 0.2) is 42.5 Å². The maximum atomic E-state index is 12.4. The van der Waals surface area contributed by atoms with Gasteiger partial charge in [0.2, 0.25) is 0 Å². The highest BCUT2D eigenvalue weighted by molar-refractivity contribution is 7.91. The van der Waals surface area contributed by atoms with Crippen molar-refractivity contribution in [3.8, 4) is 11.8 Å². The lowest BCUT2D eigenvalue weighted by atomic mass is 10.1. The number of fused-ring (bicyclic) bond motifs is 1. The molecule has 0 saturated carbocycles. The van der Waals surface area contributed by atoms with E-state index < -0.39 is 21.8 Å². The van der Waals surface area contributed by atoms with Crippen LogP contribution in [0.5, 0.6) is 0 Å². The number of hydrogen-bond donors (Lipinski definition) is 1. The number of nitrogens with zero attached hydrogens (tertiary/aromatic N) is 1. The predicted octanol–water partition coefficient (Wildman–Crippen LogP) is 1.20. The molecule has 1 atom stereocenters. The van der Waals surface area contributed by atoms with Crippen molar-refractivity contribution in [3.05, 3.63) is 48.0 Å². The van der Waals surface area contributed by atoms with Crippen LogP contribution in [0, 0.1) is 11.8 Å². The second-order valence-corrected chi connectivity index (χ2v) is 8.32. The summed E-state index contributed by atoms with van der Waals surface area (Å²) in [6, 6.07) is 13.2. The van der Waals surface area contributed by atoms with Gasteiger partial charge in [-0.1, -0.05) is 36.3 Å². The van der Waals surface area contributed by atoms with Crippen molar-refractivity contribution in [1.82, 2.24) is 4.90 Å². The average Bonchev–Trinajstić information content (AvgIpc) is 2.97. The Kier molecular flexibility index (Phi) is 5.07. The molecule has 25 heavy (non-hydrogen) atoms. The SMILES string of the molecule is O=C(C#Cc1ccc2ccccc2c1)N(CCO)[C@H]1CCS(=O)(=O)C1. The molecule has 0 unspecified atom stereocenters. The van der Waals surface area contributed by atoms with Gasteiger partial charge >= 0.3 is 0 Å². The van der Waals surface area contributed by atoms with E-state index in [1.54, 1.807) is 0 Å². The molecule has 1 N–H and O–H groups in total. The third-order valence-corrected chi connectivity index (χ3v) is 6.06. The fourth-order valence-electron chi connectivity index (χ4n) is 3.04. The van der Waals surface area contributed by atoms with Crippen LogP contribution in [0.2, 0.25) is 0 Å². The van der Waals surface area contributed by atoms with Crippen LogP contribution in [0.1, 0.15) is 12.0 Å². The minimum atomic E-state index is -3.11. The summed E-state index contributed by atoms with van der Waals surface area (Å²) in [6.07, 6.45) is 0.395. The van der Waals surface area contributed by atoms with E-state index in [1.165, 1.54) is 4.90 Å². The molecule has 1 aliphatic heterocycles. The summed E-state index contributed by atoms with van der Waals surface area (Å²) in [7, 11) is -3.11. The lowest BCUT2D eigenvalue weighted by Gasteiger charge is -2.25. The number of sulfone groups is 1. The molecular formula is C19H19NO4S. The van der Waals surface area contributed by atoms with E-state index in [-0.39, 0.29) is 24.7 Å². The molecule has 1 aliphatic rings. The number of benzene rings is 2. The summed E-state index contributed by atoms with van der Waals surface area (Å²) < 4.78 is 23.3. The third-order valence-electron chi connectivity index (χ3n) is 4.31. The van der Waals surface area contributed by atoms with E-state index in [4.69, 9.17) is 0 Å². The molecule has 1 amide bonds. The first-order valence-electron chi connectivity index (χ1n) is 8.11. The first-order chi connectivity index (χ1) is 12.0. The predicted molar refractivity (Wildman–Crippen MR) is 96.7 cm³/mol. The monoisotopic (exact) mass is 357 g/mol. The van der Waals surface area contributed by atoms with Gasteiger partial charge in [0.25, 0.3) is 5.91 Å². The van der Waals surface area contributed by atoms with Gasteiger partial charge in [0.15, 0.2) is 9.84 Å². The first kappa shape index (κ1) is 17.5. The standard InChI is InChI=1S/C19H19NO4S/c21-11-10-20(18-9-12-25(23,24)14-18)19(22)8-6-15-5-7-16-3-1-2-4-17(16)13-15/h1-5,7,13,18,21H,9-12,14H2/t18-/m0/s1. The van der Waals surface area contributed by atoms with Crippen molar-refractivity contribution in [2.24, 2.45) is 0 Å². The number of carbonyl (C=O) groups excluding carboxylic acids is 1. The zero-order chi connectivity index (χ0) is 17.9. The van der Waals surface area contributed by atoms with Crippen LogP contribution in [-0.2, 0) is 14.6 Å². The highest BCUT2D eigenvalue weighted by Crippen LogP contribution is 2.18. The van der Waals surface area contributed by atoms with Crippen molar-refractivity contribution in [1.29, 1.82) is 0 Å². The van der Waals surface area contributed by atoms with Crippen molar-refractivity contribution in [3.63, 3.8) is 0 Å². The third kappa shape index (κ3) is 4.19. The quantitative estimate of drug-likeness (QED) is 0.838. The molecule has 6 heteroatoms. The molecule has 0 bridgehead atoms. The van der Waals surface area contributed by atoms with Gasteiger partial charge in [0, 0.05) is 24.1 Å². The van der Waals surface area contributed by atoms with Crippen molar-refractivity contribution in [2.45, 2.75) is 12.5 Å². The maximum Gasteiger partial charge on any atom is 0.299 e. The van der Waals surface area contributed by atoms with Crippen LogP contribution < -0.4 is 0 Å². The lowest BCUT2D eigenvalue weighted by molar-refractivity contribution is -0.127. The second-order valence-electron chi connectivity index (χ2n) is 6.09. The van der Waals surface area contributed by atoms with Gasteiger partial charge < -0.3 is 10.0 Å². The largest absolute Gasteiger partial charge is 0.395 e. The van der Waals surface area contributed by atoms with E-state index in [1.807, 2.05) is 42.5 Å². The maximum absolute atomic E-state index is 12.4. The Morgan fingerprint density at radius 3 is 2.64 bits per heavy atom. The number of aliphatic hydroxyl groups excluding tert-OH is 1. The zero-order valence-corrected chi connectivity index (χ0v) is 14.5. The Balaban J connectivity index is 1.80. The second kappa shape index (κ2) is 7.26. The van der Waals surface area contributed by atoms with Crippen LogP contribution >= 0.6 is 0 Å². The molecule has 1 fully saturated rings. The van der Waals surface area contributed by atoms with Gasteiger partial charge in [-0.15, -0.1) is 0 Å². The molecule has 2 aromatic rings. The van der Waals surface area contributed by atoms with Crippen LogP contribution in [0.25, 0.3) is 10.8 Å². The molecule has 3 rings (SSSR count). The van der Waals surface area contributed by atoms with Crippen LogP contribution in [-0.4, -0.2) is 55.0 Å². The van der Waals surface area contributed by atoms with Gasteiger partial charge in [-0.2, -0.15) is 0 Å². The molecule has 0 spiro atoms. The molecule has 1 heterocycles. The summed E-state index contributed by atoms with van der Waals surface area (Å²) in [6.45, 7) is -0.134. The summed E-state index contributed by atoms with van der Waals surface area (Å²) in [4.78, 5) is 13.8. The van der Waals surface area contributed by atoms with Crippen LogP contribution in [0.3, 0.4) is 0 Å². The molecular weight excluding hydrogens is 338 g/mol. The average molecular weight is 357 g/mol.